The van der Waals surface area contributed by atoms with Crippen LogP contribution in [0.4, 0.5) is 11.6 Å². The van der Waals surface area contributed by atoms with Crippen LogP contribution in [0.5, 0.6) is 0 Å². The Bertz CT molecular complexity index is 556. The Balaban J connectivity index is 2.30. The summed E-state index contributed by atoms with van der Waals surface area (Å²) in [4.78, 5) is 3.81. The fourth-order valence-corrected chi connectivity index (χ4v) is 1.25. The Labute approximate surface area is 100 Å². The second-order valence-corrected chi connectivity index (χ2v) is 3.36. The molecule has 0 spiro atoms. The molecule has 0 saturated carbocycles. The third-order valence-electron chi connectivity index (χ3n) is 1.87. The summed E-state index contributed by atoms with van der Waals surface area (Å²) in [5.41, 5.74) is 5.31. The molecule has 2 aromatic heterocycles. The third-order valence-corrected chi connectivity index (χ3v) is 2.08. The van der Waals surface area contributed by atoms with Crippen LogP contribution in [0.1, 0.15) is 5.69 Å². The van der Waals surface area contributed by atoms with Gasteiger partial charge in [-0.15, -0.1) is 0 Å². The summed E-state index contributed by atoms with van der Waals surface area (Å²) in [6.07, 6.45) is 0. The number of halogens is 1. The Morgan fingerprint density at radius 1 is 1.47 bits per heavy atom. The lowest BCUT2D eigenvalue weighted by molar-refractivity contribution is 0.299. The van der Waals surface area contributed by atoms with Crippen molar-refractivity contribution < 1.29 is 9.84 Å². The molecule has 0 unspecified atom stereocenters. The van der Waals surface area contributed by atoms with Gasteiger partial charge >= 0.3 is 0 Å². The first kappa shape index (κ1) is 11.3. The van der Waals surface area contributed by atoms with E-state index in [0.29, 0.717) is 5.06 Å². The smallest absolute Gasteiger partial charge is 0.199 e. The number of rotatable bonds is 2. The van der Waals surface area contributed by atoms with Crippen LogP contribution in [0.3, 0.4) is 0 Å². The van der Waals surface area contributed by atoms with Gasteiger partial charge in [-0.05, 0) is 22.4 Å². The molecular weight excluding hydrogens is 248 g/mol. The second-order valence-electron chi connectivity index (χ2n) is 2.98. The highest BCUT2D eigenvalue weighted by Crippen LogP contribution is 2.16. The Kier molecular flexibility index (Phi) is 2.90. The van der Waals surface area contributed by atoms with Crippen molar-refractivity contribution in [2.24, 2.45) is 0 Å². The summed E-state index contributed by atoms with van der Waals surface area (Å²) in [6.45, 7) is 0. The lowest BCUT2D eigenvalue weighted by Crippen LogP contribution is -2.28. The van der Waals surface area contributed by atoms with Crippen LogP contribution in [0.15, 0.2) is 22.8 Å². The van der Waals surface area contributed by atoms with Gasteiger partial charge in [-0.2, -0.15) is 5.06 Å². The molecule has 9 heteroatoms. The number of anilines is 2. The van der Waals surface area contributed by atoms with Crippen LogP contribution in [0, 0.1) is 5.41 Å². The van der Waals surface area contributed by atoms with Crippen molar-refractivity contribution in [1.29, 1.82) is 5.41 Å². The largest absolute Gasteiger partial charge is 0.379 e. The first-order valence-corrected chi connectivity index (χ1v) is 4.76. The van der Waals surface area contributed by atoms with Crippen LogP contribution < -0.4 is 10.8 Å². The molecule has 4 N–H and O–H groups in total. The van der Waals surface area contributed by atoms with Crippen molar-refractivity contribution in [3.05, 3.63) is 29.0 Å². The molecule has 0 radical (unpaired) electrons. The average molecular weight is 255 g/mol. The molecule has 0 aliphatic rings. The third kappa shape index (κ3) is 2.17. The van der Waals surface area contributed by atoms with Gasteiger partial charge in [0, 0.05) is 0 Å². The number of hydrogen-bond donors (Lipinski definition) is 3. The maximum Gasteiger partial charge on any atom is 0.199 e. The normalized spacial score (nSPS) is 10.2. The first-order valence-electron chi connectivity index (χ1n) is 4.38. The molecule has 2 heterocycles. The van der Waals surface area contributed by atoms with Crippen LogP contribution in [-0.4, -0.2) is 26.3 Å². The standard InChI is InChI=1S/C8H7ClN6O2/c9-4-2-1-3-5(12-4)15(16)8(11)6-7(10)14-17-13-6/h1-3,11,16H,(H2,10,14). The molecule has 0 amide bonds. The van der Waals surface area contributed by atoms with Crippen molar-refractivity contribution >= 4 is 29.1 Å². The maximum atomic E-state index is 9.73. The zero-order chi connectivity index (χ0) is 12.4. The minimum atomic E-state index is -0.418. The molecule has 0 atom stereocenters. The molecule has 17 heavy (non-hydrogen) atoms. The highest BCUT2D eigenvalue weighted by molar-refractivity contribution is 6.29. The van der Waals surface area contributed by atoms with E-state index in [-0.39, 0.29) is 22.5 Å². The number of hydroxylamine groups is 1. The number of nitrogens with zero attached hydrogens (tertiary/aromatic N) is 4. The number of nitrogens with two attached hydrogens (primary N) is 1. The van der Waals surface area contributed by atoms with Gasteiger partial charge in [0.15, 0.2) is 23.2 Å². The lowest BCUT2D eigenvalue weighted by atomic mass is 10.3. The van der Waals surface area contributed by atoms with Crippen LogP contribution in [0.25, 0.3) is 0 Å². The van der Waals surface area contributed by atoms with E-state index in [2.05, 4.69) is 19.9 Å². The quantitative estimate of drug-likeness (QED) is 0.315. The van der Waals surface area contributed by atoms with E-state index in [1.54, 1.807) is 6.07 Å². The summed E-state index contributed by atoms with van der Waals surface area (Å²) in [5, 5.41) is 24.7. The van der Waals surface area contributed by atoms with E-state index < -0.39 is 5.84 Å². The minimum absolute atomic E-state index is 0.0601. The van der Waals surface area contributed by atoms with Crippen molar-refractivity contribution in [3.63, 3.8) is 0 Å². The molecule has 0 bridgehead atoms. The molecule has 0 saturated heterocycles. The number of nitrogens with one attached hydrogen (secondary N) is 1. The van der Waals surface area contributed by atoms with Crippen LogP contribution >= 0.6 is 11.6 Å². The number of amidine groups is 1. The molecule has 0 aliphatic carbocycles. The van der Waals surface area contributed by atoms with Crippen LogP contribution in [-0.2, 0) is 0 Å². The SMILES string of the molecule is N=C(c1nonc1N)N(O)c1cccc(Cl)n1. The van der Waals surface area contributed by atoms with E-state index in [9.17, 15) is 5.21 Å². The number of nitrogen functional groups attached to an aromatic ring is 1. The second kappa shape index (κ2) is 4.36. The van der Waals surface area contributed by atoms with E-state index in [1.807, 2.05) is 0 Å². The van der Waals surface area contributed by atoms with Gasteiger partial charge in [-0.25, -0.2) is 9.61 Å². The number of pyridine rings is 1. The predicted octanol–water partition coefficient (Wildman–Crippen LogP) is 0.921. The molecular formula is C8H7ClN6O2. The molecule has 0 fully saturated rings. The predicted molar refractivity (Wildman–Crippen MR) is 59.1 cm³/mol. The Hall–Kier alpha value is -2.19. The monoisotopic (exact) mass is 254 g/mol. The topological polar surface area (TPSA) is 125 Å². The zero-order valence-electron chi connectivity index (χ0n) is 8.33. The molecule has 0 aromatic carbocycles. The van der Waals surface area contributed by atoms with Gasteiger partial charge in [0.25, 0.3) is 0 Å². The fraction of sp³-hybridized carbons (Fsp3) is 0. The van der Waals surface area contributed by atoms with Gasteiger partial charge in [-0.3, -0.25) is 10.6 Å². The summed E-state index contributed by atoms with van der Waals surface area (Å²) in [6, 6.07) is 4.57. The molecule has 0 aliphatic heterocycles. The van der Waals surface area contributed by atoms with Crippen molar-refractivity contribution in [2.75, 3.05) is 10.8 Å². The average Bonchev–Trinajstić information content (AvgIpc) is 2.73. The summed E-state index contributed by atoms with van der Waals surface area (Å²) >= 11 is 5.66. The van der Waals surface area contributed by atoms with E-state index >= 15 is 0 Å². The van der Waals surface area contributed by atoms with E-state index in [4.69, 9.17) is 22.7 Å². The molecule has 88 valence electrons. The first-order chi connectivity index (χ1) is 8.09. The summed E-state index contributed by atoms with van der Waals surface area (Å²) in [5.74, 6) is -0.459. The molecule has 2 aromatic rings. The van der Waals surface area contributed by atoms with Crippen molar-refractivity contribution in [3.8, 4) is 0 Å². The number of aromatic nitrogens is 3. The van der Waals surface area contributed by atoms with E-state index in [0.717, 1.165) is 0 Å². The van der Waals surface area contributed by atoms with Gasteiger partial charge in [-0.1, -0.05) is 17.7 Å². The summed E-state index contributed by atoms with van der Waals surface area (Å²) in [7, 11) is 0. The van der Waals surface area contributed by atoms with Gasteiger partial charge in [0.05, 0.1) is 0 Å². The van der Waals surface area contributed by atoms with Crippen LogP contribution in [0.2, 0.25) is 5.15 Å². The Morgan fingerprint density at radius 3 is 2.82 bits per heavy atom. The Morgan fingerprint density at radius 2 is 2.24 bits per heavy atom. The highest BCUT2D eigenvalue weighted by atomic mass is 35.5. The van der Waals surface area contributed by atoms with Crippen molar-refractivity contribution in [2.45, 2.75) is 0 Å². The van der Waals surface area contributed by atoms with Gasteiger partial charge < -0.3 is 5.73 Å². The maximum absolute atomic E-state index is 9.73. The number of hydrogen-bond acceptors (Lipinski definition) is 7. The van der Waals surface area contributed by atoms with Gasteiger partial charge in [0.1, 0.15) is 5.15 Å². The van der Waals surface area contributed by atoms with Gasteiger partial charge in [0.2, 0.25) is 0 Å². The summed E-state index contributed by atoms with van der Waals surface area (Å²) < 4.78 is 4.33. The fourth-order valence-electron chi connectivity index (χ4n) is 1.09. The zero-order valence-corrected chi connectivity index (χ0v) is 9.09. The molecule has 2 rings (SSSR count). The van der Waals surface area contributed by atoms with E-state index in [1.165, 1.54) is 12.1 Å². The highest BCUT2D eigenvalue weighted by Gasteiger charge is 2.20. The lowest BCUT2D eigenvalue weighted by Gasteiger charge is -2.14. The minimum Gasteiger partial charge on any atom is -0.379 e. The molecule has 8 nitrogen and oxygen atoms in total. The van der Waals surface area contributed by atoms with Crippen molar-refractivity contribution in [1.82, 2.24) is 15.3 Å².